The zero-order chi connectivity index (χ0) is 11.1. The lowest BCUT2D eigenvalue weighted by Crippen LogP contribution is -1.94. The number of rotatable bonds is 1. The lowest BCUT2D eigenvalue weighted by atomic mass is 10.2. The molecule has 3 nitrogen and oxygen atoms in total. The zero-order valence-electron chi connectivity index (χ0n) is 7.72. The lowest BCUT2D eigenvalue weighted by Gasteiger charge is -2.03. The molecule has 0 aliphatic carbocycles. The molecule has 7 heteroatoms. The summed E-state index contributed by atoms with van der Waals surface area (Å²) in [5.41, 5.74) is 0.292. The average molecular weight is 299 g/mol. The van der Waals surface area contributed by atoms with Crippen LogP contribution in [0.5, 0.6) is 0 Å². The van der Waals surface area contributed by atoms with Gasteiger partial charge in [-0.3, -0.25) is 4.98 Å². The largest absolute Gasteiger partial charge is 0.263 e. The van der Waals surface area contributed by atoms with Crippen molar-refractivity contribution in [3.63, 3.8) is 0 Å². The molecule has 0 saturated carbocycles. The fraction of sp³-hybridized carbons (Fsp3) is 0. The van der Waals surface area contributed by atoms with E-state index in [1.165, 1.54) is 18.3 Å². The predicted octanol–water partition coefficient (Wildman–Crippen LogP) is 3.24. The van der Waals surface area contributed by atoms with Crippen LogP contribution in [0.1, 0.15) is 0 Å². The predicted molar refractivity (Wildman–Crippen MR) is 67.0 cm³/mol. The summed E-state index contributed by atoms with van der Waals surface area (Å²) in [6.07, 6.45) is 1.49. The van der Waals surface area contributed by atoms with Gasteiger partial charge >= 0.3 is 0 Å². The van der Waals surface area contributed by atoms with Gasteiger partial charge in [0.25, 0.3) is 9.05 Å². The number of hydrogen-bond donors (Lipinski definition) is 0. The van der Waals surface area contributed by atoms with Gasteiger partial charge < -0.3 is 0 Å². The van der Waals surface area contributed by atoms with E-state index in [-0.39, 0.29) is 17.3 Å². The van der Waals surface area contributed by atoms with Crippen molar-refractivity contribution < 1.29 is 8.42 Å². The molecule has 2 rings (SSSR count). The second kappa shape index (κ2) is 4.75. The average Bonchev–Trinajstić information content (AvgIpc) is 2.17. The van der Waals surface area contributed by atoms with E-state index in [0.29, 0.717) is 15.9 Å². The molecule has 0 aliphatic rings. The first-order valence-electron chi connectivity index (χ1n) is 3.98. The van der Waals surface area contributed by atoms with Gasteiger partial charge in [0.1, 0.15) is 4.90 Å². The number of benzene rings is 1. The molecule has 0 N–H and O–H groups in total. The van der Waals surface area contributed by atoms with Crippen LogP contribution in [-0.4, -0.2) is 13.4 Å². The highest BCUT2D eigenvalue weighted by atomic mass is 35.7. The maximum Gasteiger partial charge on any atom is 0.263 e. The van der Waals surface area contributed by atoms with Crippen LogP contribution in [0.4, 0.5) is 0 Å². The van der Waals surface area contributed by atoms with Crippen LogP contribution in [0.2, 0.25) is 5.02 Å². The van der Waals surface area contributed by atoms with E-state index < -0.39 is 9.05 Å². The summed E-state index contributed by atoms with van der Waals surface area (Å²) in [6.45, 7) is 0. The van der Waals surface area contributed by atoms with Gasteiger partial charge in [-0.15, -0.1) is 12.4 Å². The van der Waals surface area contributed by atoms with E-state index in [1.54, 1.807) is 12.1 Å². The number of pyridine rings is 1. The molecule has 1 aromatic carbocycles. The van der Waals surface area contributed by atoms with Gasteiger partial charge in [0.15, 0.2) is 0 Å². The number of aromatic nitrogens is 1. The SMILES string of the molecule is Cl.O=S(=O)(Cl)c1ccc(Cl)c2cccnc12. The first-order chi connectivity index (χ1) is 7.00. The third kappa shape index (κ3) is 2.40. The Bertz CT molecular complexity index is 628. The van der Waals surface area contributed by atoms with Crippen molar-refractivity contribution >= 4 is 54.6 Å². The van der Waals surface area contributed by atoms with Crippen LogP contribution in [0.15, 0.2) is 35.4 Å². The molecule has 1 aromatic heterocycles. The second-order valence-corrected chi connectivity index (χ2v) is 5.82. The minimum Gasteiger partial charge on any atom is -0.255 e. The molecule has 0 saturated heterocycles. The molecule has 1 heterocycles. The minimum absolute atomic E-state index is 0. The summed E-state index contributed by atoms with van der Waals surface area (Å²) >= 11 is 5.90. The Morgan fingerprint density at radius 3 is 2.50 bits per heavy atom. The van der Waals surface area contributed by atoms with Gasteiger partial charge in [-0.1, -0.05) is 11.6 Å². The third-order valence-corrected chi connectivity index (χ3v) is 3.63. The number of halogens is 3. The van der Waals surface area contributed by atoms with Crippen molar-refractivity contribution in [1.82, 2.24) is 4.98 Å². The van der Waals surface area contributed by atoms with E-state index in [4.69, 9.17) is 22.3 Å². The Morgan fingerprint density at radius 2 is 1.88 bits per heavy atom. The van der Waals surface area contributed by atoms with E-state index in [0.717, 1.165) is 0 Å². The first kappa shape index (κ1) is 13.5. The Balaban J connectivity index is 0.00000128. The fourth-order valence-corrected chi connectivity index (χ4v) is 2.52. The van der Waals surface area contributed by atoms with Crippen LogP contribution >= 0.6 is 34.7 Å². The van der Waals surface area contributed by atoms with Crippen molar-refractivity contribution in [2.24, 2.45) is 0 Å². The Kier molecular flexibility index (Phi) is 4.02. The molecule has 2 aromatic rings. The summed E-state index contributed by atoms with van der Waals surface area (Å²) in [5.74, 6) is 0. The van der Waals surface area contributed by atoms with Gasteiger partial charge in [-0.2, -0.15) is 0 Å². The van der Waals surface area contributed by atoms with E-state index in [9.17, 15) is 8.42 Å². The zero-order valence-corrected chi connectivity index (χ0v) is 10.9. The van der Waals surface area contributed by atoms with Crippen molar-refractivity contribution in [3.05, 3.63) is 35.5 Å². The molecular formula is C9H6Cl3NO2S. The van der Waals surface area contributed by atoms with Crippen LogP contribution in [-0.2, 0) is 9.05 Å². The number of hydrogen-bond acceptors (Lipinski definition) is 3. The molecule has 0 spiro atoms. The Morgan fingerprint density at radius 1 is 1.19 bits per heavy atom. The third-order valence-electron chi connectivity index (χ3n) is 1.94. The van der Waals surface area contributed by atoms with Gasteiger partial charge in [-0.25, -0.2) is 8.42 Å². The molecule has 0 aliphatic heterocycles. The number of fused-ring (bicyclic) bond motifs is 1. The summed E-state index contributed by atoms with van der Waals surface area (Å²) in [7, 11) is 1.48. The molecule has 0 bridgehead atoms. The summed E-state index contributed by atoms with van der Waals surface area (Å²) < 4.78 is 22.5. The standard InChI is InChI=1S/C9H5Cl2NO2S.ClH/c10-7-3-4-8(15(11,13)14)9-6(7)2-1-5-12-9;/h1-5H;1H. The maximum atomic E-state index is 11.2. The normalized spacial score (nSPS) is 11.1. The Labute approximate surface area is 108 Å². The van der Waals surface area contributed by atoms with Crippen LogP contribution < -0.4 is 0 Å². The highest BCUT2D eigenvalue weighted by molar-refractivity contribution is 8.14. The van der Waals surface area contributed by atoms with E-state index >= 15 is 0 Å². The molecule has 0 atom stereocenters. The monoisotopic (exact) mass is 297 g/mol. The fourth-order valence-electron chi connectivity index (χ4n) is 1.31. The van der Waals surface area contributed by atoms with Gasteiger partial charge in [0.2, 0.25) is 0 Å². The smallest absolute Gasteiger partial charge is 0.255 e. The topological polar surface area (TPSA) is 47.0 Å². The molecule has 16 heavy (non-hydrogen) atoms. The molecular weight excluding hydrogens is 293 g/mol. The highest BCUT2D eigenvalue weighted by Gasteiger charge is 2.16. The highest BCUT2D eigenvalue weighted by Crippen LogP contribution is 2.29. The van der Waals surface area contributed by atoms with E-state index in [1.807, 2.05) is 0 Å². The van der Waals surface area contributed by atoms with Crippen molar-refractivity contribution in [2.75, 3.05) is 0 Å². The second-order valence-electron chi connectivity index (χ2n) is 2.88. The molecule has 0 amide bonds. The molecule has 0 unspecified atom stereocenters. The maximum absolute atomic E-state index is 11.2. The van der Waals surface area contributed by atoms with Gasteiger partial charge in [0, 0.05) is 22.3 Å². The summed E-state index contributed by atoms with van der Waals surface area (Å²) in [4.78, 5) is 3.94. The number of nitrogens with zero attached hydrogens (tertiary/aromatic N) is 1. The summed E-state index contributed by atoms with van der Waals surface area (Å²) in [5, 5.41) is 1.02. The molecule has 86 valence electrons. The van der Waals surface area contributed by atoms with Crippen LogP contribution in [0.3, 0.4) is 0 Å². The summed E-state index contributed by atoms with van der Waals surface area (Å²) in [6, 6.07) is 6.20. The van der Waals surface area contributed by atoms with Gasteiger partial charge in [-0.05, 0) is 24.3 Å². The van der Waals surface area contributed by atoms with Gasteiger partial charge in [0.05, 0.1) is 10.5 Å². The minimum atomic E-state index is -3.80. The van der Waals surface area contributed by atoms with Crippen molar-refractivity contribution in [3.8, 4) is 0 Å². The van der Waals surface area contributed by atoms with Crippen molar-refractivity contribution in [1.29, 1.82) is 0 Å². The first-order valence-corrected chi connectivity index (χ1v) is 6.67. The molecule has 0 radical (unpaired) electrons. The Hall–Kier alpha value is -0.550. The van der Waals surface area contributed by atoms with Crippen LogP contribution in [0, 0.1) is 0 Å². The quantitative estimate of drug-likeness (QED) is 0.759. The molecule has 0 fully saturated rings. The van der Waals surface area contributed by atoms with Crippen molar-refractivity contribution in [2.45, 2.75) is 4.90 Å². The lowest BCUT2D eigenvalue weighted by molar-refractivity contribution is 0.610. The van der Waals surface area contributed by atoms with E-state index in [2.05, 4.69) is 4.98 Å². The van der Waals surface area contributed by atoms with Crippen LogP contribution in [0.25, 0.3) is 10.9 Å².